The van der Waals surface area contributed by atoms with E-state index >= 15 is 0 Å². The first kappa shape index (κ1) is 12.1. The van der Waals surface area contributed by atoms with Crippen molar-refractivity contribution in [1.29, 1.82) is 0 Å². The Morgan fingerprint density at radius 1 is 1.15 bits per heavy atom. The molecule has 20 heavy (non-hydrogen) atoms. The quantitative estimate of drug-likeness (QED) is 0.859. The number of hydrogen-bond donors (Lipinski definition) is 1. The number of rotatable bonds is 1. The smallest absolute Gasteiger partial charge is 0.140 e. The molecule has 0 saturated carbocycles. The average Bonchev–Trinajstić information content (AvgIpc) is 2.74. The summed E-state index contributed by atoms with van der Waals surface area (Å²) in [6, 6.07) is 5.01. The van der Waals surface area contributed by atoms with Gasteiger partial charge in [-0.25, -0.2) is 9.97 Å². The summed E-state index contributed by atoms with van der Waals surface area (Å²) in [5.41, 5.74) is 3.67. The molecule has 0 aliphatic carbocycles. The Labute approximate surface area is 119 Å². The molecular formula is C16H20N4. The van der Waals surface area contributed by atoms with Gasteiger partial charge < -0.3 is 10.2 Å². The highest BCUT2D eigenvalue weighted by Gasteiger charge is 2.36. The Bertz CT molecular complexity index is 667. The largest absolute Gasteiger partial charge is 0.351 e. The second kappa shape index (κ2) is 4.42. The van der Waals surface area contributed by atoms with E-state index in [1.54, 1.807) is 6.33 Å². The molecule has 104 valence electrons. The maximum absolute atomic E-state index is 4.61. The van der Waals surface area contributed by atoms with Crippen LogP contribution < -0.4 is 10.2 Å². The normalized spacial score (nSPS) is 25.4. The fourth-order valence-electron chi connectivity index (χ4n) is 3.60. The van der Waals surface area contributed by atoms with E-state index in [0.717, 1.165) is 36.9 Å². The highest BCUT2D eigenvalue weighted by molar-refractivity contribution is 5.90. The fraction of sp³-hybridized carbons (Fsp3) is 0.500. The number of hydrogen-bond acceptors (Lipinski definition) is 4. The van der Waals surface area contributed by atoms with Gasteiger partial charge in [0.15, 0.2) is 0 Å². The molecule has 0 radical (unpaired) electrons. The molecule has 0 amide bonds. The lowest BCUT2D eigenvalue weighted by atomic mass is 10.0. The van der Waals surface area contributed by atoms with Crippen LogP contribution >= 0.6 is 0 Å². The van der Waals surface area contributed by atoms with Crippen molar-refractivity contribution in [3.63, 3.8) is 0 Å². The van der Waals surface area contributed by atoms with Crippen molar-refractivity contribution in [2.45, 2.75) is 26.3 Å². The van der Waals surface area contributed by atoms with Gasteiger partial charge in [0.1, 0.15) is 12.1 Å². The predicted molar refractivity (Wildman–Crippen MR) is 81.1 cm³/mol. The molecule has 2 bridgehead atoms. The summed E-state index contributed by atoms with van der Waals surface area (Å²) in [4.78, 5) is 11.5. The lowest BCUT2D eigenvalue weighted by molar-refractivity contribution is 0.434. The second-order valence-corrected chi connectivity index (χ2v) is 6.22. The van der Waals surface area contributed by atoms with Gasteiger partial charge in [-0.2, -0.15) is 0 Å². The van der Waals surface area contributed by atoms with Crippen molar-refractivity contribution in [2.24, 2.45) is 5.92 Å². The molecule has 1 aromatic heterocycles. The van der Waals surface area contributed by atoms with E-state index in [2.05, 4.69) is 46.2 Å². The summed E-state index contributed by atoms with van der Waals surface area (Å²) in [5, 5.41) is 4.73. The van der Waals surface area contributed by atoms with E-state index < -0.39 is 0 Å². The Morgan fingerprint density at radius 2 is 2.00 bits per heavy atom. The van der Waals surface area contributed by atoms with Crippen molar-refractivity contribution in [1.82, 2.24) is 15.3 Å². The third-order valence-corrected chi connectivity index (χ3v) is 4.82. The van der Waals surface area contributed by atoms with Gasteiger partial charge in [0.05, 0.1) is 5.52 Å². The van der Waals surface area contributed by atoms with Gasteiger partial charge in [0.2, 0.25) is 0 Å². The Morgan fingerprint density at radius 3 is 2.85 bits per heavy atom. The zero-order chi connectivity index (χ0) is 13.7. The van der Waals surface area contributed by atoms with Crippen molar-refractivity contribution in [2.75, 3.05) is 24.5 Å². The lowest BCUT2D eigenvalue weighted by Crippen LogP contribution is -2.39. The highest BCUT2D eigenvalue weighted by atomic mass is 15.3. The maximum atomic E-state index is 4.61. The number of nitrogens with one attached hydrogen (secondary N) is 1. The van der Waals surface area contributed by atoms with E-state index in [9.17, 15) is 0 Å². The number of nitrogens with zero attached hydrogens (tertiary/aromatic N) is 3. The zero-order valence-electron chi connectivity index (χ0n) is 12.1. The van der Waals surface area contributed by atoms with Gasteiger partial charge in [-0.05, 0) is 56.0 Å². The van der Waals surface area contributed by atoms with Gasteiger partial charge in [-0.1, -0.05) is 0 Å². The summed E-state index contributed by atoms with van der Waals surface area (Å²) in [7, 11) is 0. The Kier molecular flexibility index (Phi) is 2.67. The predicted octanol–water partition coefficient (Wildman–Crippen LogP) is 2.04. The number of anilines is 1. The van der Waals surface area contributed by atoms with Gasteiger partial charge in [-0.15, -0.1) is 0 Å². The topological polar surface area (TPSA) is 41.1 Å². The second-order valence-electron chi connectivity index (χ2n) is 6.22. The SMILES string of the molecule is Cc1cc2ncnc(N3CC4CNCC3C4)c2cc1C. The monoisotopic (exact) mass is 268 g/mol. The summed E-state index contributed by atoms with van der Waals surface area (Å²) in [6.45, 7) is 7.65. The lowest BCUT2D eigenvalue weighted by Gasteiger charge is -2.26. The molecule has 2 saturated heterocycles. The molecule has 2 aliphatic heterocycles. The molecule has 2 atom stereocenters. The highest BCUT2D eigenvalue weighted by Crippen LogP contribution is 2.34. The number of aromatic nitrogens is 2. The van der Waals surface area contributed by atoms with E-state index in [1.807, 2.05) is 0 Å². The van der Waals surface area contributed by atoms with Gasteiger partial charge in [-0.3, -0.25) is 0 Å². The van der Waals surface area contributed by atoms with Gasteiger partial charge in [0, 0.05) is 24.5 Å². The molecule has 2 unspecified atom stereocenters. The molecule has 0 spiro atoms. The summed E-state index contributed by atoms with van der Waals surface area (Å²) in [6.07, 6.45) is 3.01. The van der Waals surface area contributed by atoms with Crippen LogP contribution in [0.3, 0.4) is 0 Å². The fourth-order valence-corrected chi connectivity index (χ4v) is 3.60. The average molecular weight is 268 g/mol. The van der Waals surface area contributed by atoms with Crippen LogP contribution in [0.25, 0.3) is 10.9 Å². The van der Waals surface area contributed by atoms with Crippen molar-refractivity contribution >= 4 is 16.7 Å². The number of benzene rings is 1. The summed E-state index contributed by atoms with van der Waals surface area (Å²) < 4.78 is 0. The minimum atomic E-state index is 0.591. The molecule has 2 aromatic rings. The van der Waals surface area contributed by atoms with Crippen LogP contribution in [0.5, 0.6) is 0 Å². The summed E-state index contributed by atoms with van der Waals surface area (Å²) in [5.74, 6) is 1.89. The van der Waals surface area contributed by atoms with E-state index in [4.69, 9.17) is 0 Å². The third kappa shape index (κ3) is 1.79. The molecule has 2 aliphatic rings. The van der Waals surface area contributed by atoms with Crippen LogP contribution in [0.1, 0.15) is 17.5 Å². The number of fused-ring (bicyclic) bond motifs is 3. The van der Waals surface area contributed by atoms with E-state index in [-0.39, 0.29) is 0 Å². The van der Waals surface area contributed by atoms with Crippen LogP contribution in [0.15, 0.2) is 18.5 Å². The first-order valence-electron chi connectivity index (χ1n) is 7.41. The molecular weight excluding hydrogens is 248 g/mol. The van der Waals surface area contributed by atoms with Crippen molar-refractivity contribution in [3.05, 3.63) is 29.6 Å². The van der Waals surface area contributed by atoms with E-state index in [1.165, 1.54) is 22.9 Å². The first-order valence-corrected chi connectivity index (χ1v) is 7.41. The molecule has 1 N–H and O–H groups in total. The van der Waals surface area contributed by atoms with Crippen LogP contribution in [0, 0.1) is 19.8 Å². The zero-order valence-corrected chi connectivity index (χ0v) is 12.1. The maximum Gasteiger partial charge on any atom is 0.140 e. The van der Waals surface area contributed by atoms with Crippen LogP contribution in [0.4, 0.5) is 5.82 Å². The van der Waals surface area contributed by atoms with Crippen molar-refractivity contribution < 1.29 is 0 Å². The molecule has 3 heterocycles. The minimum Gasteiger partial charge on any atom is -0.351 e. The number of aryl methyl sites for hydroxylation is 2. The molecule has 4 heteroatoms. The summed E-state index contributed by atoms with van der Waals surface area (Å²) >= 11 is 0. The van der Waals surface area contributed by atoms with Crippen LogP contribution in [-0.2, 0) is 0 Å². The van der Waals surface area contributed by atoms with Gasteiger partial charge in [0.25, 0.3) is 0 Å². The number of piperidine rings is 1. The van der Waals surface area contributed by atoms with Crippen LogP contribution in [0.2, 0.25) is 0 Å². The molecule has 4 nitrogen and oxygen atoms in total. The van der Waals surface area contributed by atoms with Crippen LogP contribution in [-0.4, -0.2) is 35.6 Å². The Balaban J connectivity index is 1.85. The molecule has 2 fully saturated rings. The minimum absolute atomic E-state index is 0.591. The van der Waals surface area contributed by atoms with Crippen molar-refractivity contribution in [3.8, 4) is 0 Å². The first-order chi connectivity index (χ1) is 9.72. The van der Waals surface area contributed by atoms with Gasteiger partial charge >= 0.3 is 0 Å². The van der Waals surface area contributed by atoms with E-state index in [0.29, 0.717) is 6.04 Å². The third-order valence-electron chi connectivity index (χ3n) is 4.82. The molecule has 4 rings (SSSR count). The Hall–Kier alpha value is -1.68. The molecule has 1 aromatic carbocycles. The standard InChI is InChI=1S/C16H20N4/c1-10-3-14-15(4-11(10)2)18-9-19-16(14)20-8-12-5-13(20)7-17-6-12/h3-4,9,12-13,17H,5-8H2,1-2H3.